The lowest BCUT2D eigenvalue weighted by Gasteiger charge is -2.15. The van der Waals surface area contributed by atoms with Crippen LogP contribution in [0.25, 0.3) is 0 Å². The summed E-state index contributed by atoms with van der Waals surface area (Å²) in [4.78, 5) is 13.2. The highest BCUT2D eigenvalue weighted by molar-refractivity contribution is 9.10. The highest BCUT2D eigenvalue weighted by Gasteiger charge is 2.30. The molecular formula is C10H9BrFNO. The fourth-order valence-electron chi connectivity index (χ4n) is 1.52. The Labute approximate surface area is 89.8 Å². The summed E-state index contributed by atoms with van der Waals surface area (Å²) in [5.74, 6) is -0.229. The van der Waals surface area contributed by atoms with Gasteiger partial charge in [-0.1, -0.05) is 15.9 Å². The lowest BCUT2D eigenvalue weighted by atomic mass is 10.3. The first-order valence-corrected chi connectivity index (χ1v) is 5.31. The molecule has 4 heteroatoms. The lowest BCUT2D eigenvalue weighted by molar-refractivity contribution is -0.116. The van der Waals surface area contributed by atoms with Gasteiger partial charge in [0.1, 0.15) is 5.82 Å². The van der Waals surface area contributed by atoms with Gasteiger partial charge in [-0.25, -0.2) is 4.39 Å². The molecule has 0 aromatic heterocycles. The van der Waals surface area contributed by atoms with Crippen molar-refractivity contribution in [1.82, 2.24) is 0 Å². The molecule has 0 radical (unpaired) electrons. The predicted molar refractivity (Wildman–Crippen MR) is 56.1 cm³/mol. The van der Waals surface area contributed by atoms with Crippen LogP contribution in [0.15, 0.2) is 24.3 Å². The van der Waals surface area contributed by atoms with E-state index in [1.54, 1.807) is 17.0 Å². The van der Waals surface area contributed by atoms with E-state index >= 15 is 0 Å². The Bertz CT molecular complexity index is 352. The molecule has 0 N–H and O–H groups in total. The van der Waals surface area contributed by atoms with E-state index in [0.29, 0.717) is 6.54 Å². The van der Waals surface area contributed by atoms with E-state index in [0.717, 1.165) is 12.1 Å². The van der Waals surface area contributed by atoms with E-state index < -0.39 is 0 Å². The van der Waals surface area contributed by atoms with Gasteiger partial charge in [-0.3, -0.25) is 4.79 Å². The van der Waals surface area contributed by atoms with Gasteiger partial charge in [-0.15, -0.1) is 0 Å². The number of benzene rings is 1. The first-order chi connectivity index (χ1) is 6.68. The minimum Gasteiger partial charge on any atom is -0.311 e. The minimum atomic E-state index is -0.282. The minimum absolute atomic E-state index is 0.0524. The standard InChI is InChI=1S/C10H9BrFNO/c11-9-5-6-13(10(9)14)8-3-1-7(12)2-4-8/h1-4,9H,5-6H2. The molecule has 1 saturated heterocycles. The monoisotopic (exact) mass is 257 g/mol. The van der Waals surface area contributed by atoms with Crippen LogP contribution in [0.1, 0.15) is 6.42 Å². The van der Waals surface area contributed by atoms with Gasteiger partial charge in [-0.05, 0) is 30.7 Å². The average Bonchev–Trinajstić information content (AvgIpc) is 2.50. The molecule has 1 aromatic carbocycles. The van der Waals surface area contributed by atoms with Gasteiger partial charge in [0.2, 0.25) is 5.91 Å². The number of alkyl halides is 1. The zero-order chi connectivity index (χ0) is 10.1. The van der Waals surface area contributed by atoms with E-state index in [9.17, 15) is 9.18 Å². The summed E-state index contributed by atoms with van der Waals surface area (Å²) in [6, 6.07) is 5.98. The molecule has 1 fully saturated rings. The second-order valence-corrected chi connectivity index (χ2v) is 4.33. The van der Waals surface area contributed by atoms with Crippen LogP contribution in [0, 0.1) is 5.82 Å². The molecule has 2 nitrogen and oxygen atoms in total. The number of hydrogen-bond donors (Lipinski definition) is 0. The number of halogens is 2. The van der Waals surface area contributed by atoms with Gasteiger partial charge in [-0.2, -0.15) is 0 Å². The second-order valence-electron chi connectivity index (χ2n) is 3.22. The molecule has 1 aliphatic heterocycles. The van der Waals surface area contributed by atoms with E-state index in [-0.39, 0.29) is 16.6 Å². The largest absolute Gasteiger partial charge is 0.311 e. The van der Waals surface area contributed by atoms with Gasteiger partial charge in [0, 0.05) is 12.2 Å². The van der Waals surface area contributed by atoms with Gasteiger partial charge in [0.15, 0.2) is 0 Å². The highest BCUT2D eigenvalue weighted by Crippen LogP contribution is 2.25. The molecule has 0 saturated carbocycles. The summed E-state index contributed by atoms with van der Waals surface area (Å²) < 4.78 is 12.6. The van der Waals surface area contributed by atoms with Crippen LogP contribution in [0.3, 0.4) is 0 Å². The zero-order valence-corrected chi connectivity index (χ0v) is 9.00. The van der Waals surface area contributed by atoms with Crippen LogP contribution in [0.5, 0.6) is 0 Å². The van der Waals surface area contributed by atoms with Crippen LogP contribution in [-0.4, -0.2) is 17.3 Å². The number of rotatable bonds is 1. The first-order valence-electron chi connectivity index (χ1n) is 4.39. The molecule has 2 rings (SSSR count). The maximum atomic E-state index is 12.6. The Balaban J connectivity index is 2.24. The van der Waals surface area contributed by atoms with Gasteiger partial charge in [0.05, 0.1) is 4.83 Å². The third kappa shape index (κ3) is 1.66. The molecule has 1 atom stereocenters. The second kappa shape index (κ2) is 3.69. The summed E-state index contributed by atoms with van der Waals surface area (Å²) in [5.41, 5.74) is 0.762. The number of carbonyl (C=O) groups excluding carboxylic acids is 1. The van der Waals surface area contributed by atoms with Crippen molar-refractivity contribution in [2.75, 3.05) is 11.4 Å². The number of anilines is 1. The number of amides is 1. The van der Waals surface area contributed by atoms with Crippen LogP contribution in [-0.2, 0) is 4.79 Å². The summed E-state index contributed by atoms with van der Waals surface area (Å²) in [6.45, 7) is 0.695. The normalized spacial score (nSPS) is 21.7. The summed E-state index contributed by atoms with van der Waals surface area (Å²) in [5, 5.41) is 0. The summed E-state index contributed by atoms with van der Waals surface area (Å²) in [6.07, 6.45) is 0.802. The first kappa shape index (κ1) is 9.65. The summed E-state index contributed by atoms with van der Waals surface area (Å²) in [7, 11) is 0. The highest BCUT2D eigenvalue weighted by atomic mass is 79.9. The van der Waals surface area contributed by atoms with Crippen molar-refractivity contribution in [3.8, 4) is 0 Å². The van der Waals surface area contributed by atoms with Gasteiger partial charge < -0.3 is 4.90 Å². The quantitative estimate of drug-likeness (QED) is 0.708. The van der Waals surface area contributed by atoms with Crippen molar-refractivity contribution in [2.45, 2.75) is 11.2 Å². The average molecular weight is 258 g/mol. The van der Waals surface area contributed by atoms with E-state index in [1.165, 1.54) is 12.1 Å². The van der Waals surface area contributed by atoms with Crippen LogP contribution < -0.4 is 4.90 Å². The molecule has 1 unspecified atom stereocenters. The smallest absolute Gasteiger partial charge is 0.240 e. The maximum absolute atomic E-state index is 12.6. The summed E-state index contributed by atoms with van der Waals surface area (Å²) >= 11 is 3.29. The number of carbonyl (C=O) groups is 1. The fraction of sp³-hybridized carbons (Fsp3) is 0.300. The van der Waals surface area contributed by atoms with Crippen molar-refractivity contribution < 1.29 is 9.18 Å². The fourth-order valence-corrected chi connectivity index (χ4v) is 1.97. The molecule has 1 aromatic rings. The Morgan fingerprint density at radius 3 is 2.50 bits per heavy atom. The molecule has 0 spiro atoms. The Morgan fingerprint density at radius 1 is 1.36 bits per heavy atom. The Morgan fingerprint density at radius 2 is 2.00 bits per heavy atom. The van der Waals surface area contributed by atoms with Crippen LogP contribution >= 0.6 is 15.9 Å². The van der Waals surface area contributed by atoms with Crippen molar-refractivity contribution >= 4 is 27.5 Å². The topological polar surface area (TPSA) is 20.3 Å². The predicted octanol–water partition coefficient (Wildman–Crippen LogP) is 2.33. The molecule has 1 aliphatic rings. The van der Waals surface area contributed by atoms with E-state index in [2.05, 4.69) is 15.9 Å². The third-order valence-electron chi connectivity index (χ3n) is 2.28. The van der Waals surface area contributed by atoms with Crippen molar-refractivity contribution in [3.63, 3.8) is 0 Å². The number of nitrogens with zero attached hydrogens (tertiary/aromatic N) is 1. The van der Waals surface area contributed by atoms with Gasteiger partial charge in [0.25, 0.3) is 0 Å². The Kier molecular flexibility index (Phi) is 2.54. The molecule has 1 amide bonds. The zero-order valence-electron chi connectivity index (χ0n) is 7.41. The van der Waals surface area contributed by atoms with Gasteiger partial charge >= 0.3 is 0 Å². The SMILES string of the molecule is O=C1C(Br)CCN1c1ccc(F)cc1. The van der Waals surface area contributed by atoms with Crippen molar-refractivity contribution in [3.05, 3.63) is 30.1 Å². The van der Waals surface area contributed by atoms with Crippen molar-refractivity contribution in [2.24, 2.45) is 0 Å². The molecular weight excluding hydrogens is 249 g/mol. The molecule has 0 aliphatic carbocycles. The van der Waals surface area contributed by atoms with E-state index in [1.807, 2.05) is 0 Å². The third-order valence-corrected chi connectivity index (χ3v) is 3.13. The Hall–Kier alpha value is -0.900. The molecule has 74 valence electrons. The maximum Gasteiger partial charge on any atom is 0.240 e. The lowest BCUT2D eigenvalue weighted by Crippen LogP contribution is -2.26. The molecule has 1 heterocycles. The molecule has 14 heavy (non-hydrogen) atoms. The van der Waals surface area contributed by atoms with E-state index in [4.69, 9.17) is 0 Å². The van der Waals surface area contributed by atoms with Crippen LogP contribution in [0.2, 0.25) is 0 Å². The van der Waals surface area contributed by atoms with Crippen molar-refractivity contribution in [1.29, 1.82) is 0 Å². The molecule has 0 bridgehead atoms. The van der Waals surface area contributed by atoms with Crippen LogP contribution in [0.4, 0.5) is 10.1 Å². The number of hydrogen-bond acceptors (Lipinski definition) is 1.